The van der Waals surface area contributed by atoms with Crippen LogP contribution in [0.25, 0.3) is 0 Å². The zero-order valence-corrected chi connectivity index (χ0v) is 18.9. The molecule has 1 saturated heterocycles. The van der Waals surface area contributed by atoms with Crippen molar-refractivity contribution in [1.29, 1.82) is 0 Å². The Morgan fingerprint density at radius 3 is 2.67 bits per heavy atom. The number of nitrogens with zero attached hydrogens (tertiary/aromatic N) is 1. The standard InChI is InChI=1S/C22H26ClN3O3S/c1-5-20(28)26-11-13(12-26)25-21(29)19-7-6-14(30-19)10-24-17-8-15(22(2,3)4)16(23)9-18(17)27/h5-9,13,24,27H,1,10-12H2,2-4H3,(H,25,29). The fourth-order valence-corrected chi connectivity index (χ4v) is 4.48. The number of carbonyl (C=O) groups excluding carboxylic acids is 2. The molecule has 1 aliphatic heterocycles. The molecule has 1 aromatic carbocycles. The van der Waals surface area contributed by atoms with Crippen LogP contribution in [0.15, 0.2) is 36.9 Å². The highest BCUT2D eigenvalue weighted by Gasteiger charge is 2.30. The first kappa shape index (κ1) is 22.2. The van der Waals surface area contributed by atoms with Crippen molar-refractivity contribution in [3.05, 3.63) is 57.3 Å². The van der Waals surface area contributed by atoms with E-state index in [0.29, 0.717) is 35.2 Å². The molecule has 2 amide bonds. The van der Waals surface area contributed by atoms with Crippen LogP contribution in [0.3, 0.4) is 0 Å². The second kappa shape index (κ2) is 8.70. The topological polar surface area (TPSA) is 81.7 Å². The summed E-state index contributed by atoms with van der Waals surface area (Å²) in [7, 11) is 0. The van der Waals surface area contributed by atoms with Crippen LogP contribution in [-0.4, -0.2) is 41.0 Å². The van der Waals surface area contributed by atoms with Crippen molar-refractivity contribution in [3.63, 3.8) is 0 Å². The molecule has 3 N–H and O–H groups in total. The summed E-state index contributed by atoms with van der Waals surface area (Å²) in [6.45, 7) is 11.1. The van der Waals surface area contributed by atoms with E-state index in [1.165, 1.54) is 17.4 Å². The normalized spacial score (nSPS) is 14.2. The summed E-state index contributed by atoms with van der Waals surface area (Å²) in [5.74, 6) is -0.178. The number of anilines is 1. The number of aromatic hydroxyl groups is 1. The Balaban J connectivity index is 1.58. The van der Waals surface area contributed by atoms with E-state index in [1.807, 2.05) is 12.1 Å². The Labute approximate surface area is 185 Å². The molecule has 0 aliphatic carbocycles. The number of phenolic OH excluding ortho intramolecular Hbond substituents is 1. The summed E-state index contributed by atoms with van der Waals surface area (Å²) in [5.41, 5.74) is 1.40. The Morgan fingerprint density at radius 1 is 1.33 bits per heavy atom. The maximum atomic E-state index is 12.4. The van der Waals surface area contributed by atoms with E-state index in [0.717, 1.165) is 10.4 Å². The summed E-state index contributed by atoms with van der Waals surface area (Å²) in [5, 5.41) is 16.9. The highest BCUT2D eigenvalue weighted by atomic mass is 35.5. The third kappa shape index (κ3) is 4.96. The molecule has 0 bridgehead atoms. The predicted octanol–water partition coefficient (Wildman–Crippen LogP) is 4.14. The number of likely N-dealkylation sites (tertiary alicyclic amines) is 1. The number of rotatable bonds is 6. The minimum atomic E-state index is -0.150. The molecule has 6 nitrogen and oxygen atoms in total. The van der Waals surface area contributed by atoms with E-state index in [4.69, 9.17) is 11.6 Å². The van der Waals surface area contributed by atoms with Crippen LogP contribution in [0.5, 0.6) is 5.75 Å². The molecule has 0 atom stereocenters. The van der Waals surface area contributed by atoms with Gasteiger partial charge in [0.15, 0.2) is 0 Å². The summed E-state index contributed by atoms with van der Waals surface area (Å²) in [6, 6.07) is 7.05. The molecule has 0 radical (unpaired) electrons. The molecular formula is C22H26ClN3O3S. The van der Waals surface area contributed by atoms with Crippen LogP contribution < -0.4 is 10.6 Å². The van der Waals surface area contributed by atoms with E-state index < -0.39 is 0 Å². The maximum Gasteiger partial charge on any atom is 0.261 e. The predicted molar refractivity (Wildman–Crippen MR) is 121 cm³/mol. The van der Waals surface area contributed by atoms with Crippen LogP contribution in [0.4, 0.5) is 5.69 Å². The number of hydrogen-bond donors (Lipinski definition) is 3. The summed E-state index contributed by atoms with van der Waals surface area (Å²) >= 11 is 7.67. The average molecular weight is 448 g/mol. The van der Waals surface area contributed by atoms with Gasteiger partial charge in [0.05, 0.1) is 16.6 Å². The highest BCUT2D eigenvalue weighted by molar-refractivity contribution is 7.14. The van der Waals surface area contributed by atoms with Gasteiger partial charge in [0.1, 0.15) is 5.75 Å². The van der Waals surface area contributed by atoms with Crippen molar-refractivity contribution in [2.45, 2.75) is 38.8 Å². The van der Waals surface area contributed by atoms with Crippen LogP contribution in [0.1, 0.15) is 40.9 Å². The van der Waals surface area contributed by atoms with Gasteiger partial charge >= 0.3 is 0 Å². The van der Waals surface area contributed by atoms with Crippen molar-refractivity contribution in [1.82, 2.24) is 10.2 Å². The molecule has 1 fully saturated rings. The lowest BCUT2D eigenvalue weighted by Gasteiger charge is -2.38. The van der Waals surface area contributed by atoms with Crippen molar-refractivity contribution in [3.8, 4) is 5.75 Å². The molecule has 8 heteroatoms. The molecule has 0 saturated carbocycles. The number of hydrogen-bond acceptors (Lipinski definition) is 5. The minimum Gasteiger partial charge on any atom is -0.506 e. The van der Waals surface area contributed by atoms with Gasteiger partial charge in [-0.05, 0) is 35.3 Å². The minimum absolute atomic E-state index is 0.0353. The fourth-order valence-electron chi connectivity index (χ4n) is 3.19. The third-order valence-electron chi connectivity index (χ3n) is 4.93. The van der Waals surface area contributed by atoms with Crippen LogP contribution in [-0.2, 0) is 16.8 Å². The molecular weight excluding hydrogens is 422 g/mol. The molecule has 3 rings (SSSR count). The number of thiophene rings is 1. The monoisotopic (exact) mass is 447 g/mol. The Hall–Kier alpha value is -2.51. The van der Waals surface area contributed by atoms with Gasteiger partial charge < -0.3 is 20.6 Å². The van der Waals surface area contributed by atoms with E-state index in [-0.39, 0.29) is 29.0 Å². The first-order valence-electron chi connectivity index (χ1n) is 9.66. The van der Waals surface area contributed by atoms with Crippen LogP contribution in [0.2, 0.25) is 5.02 Å². The average Bonchev–Trinajstić information content (AvgIpc) is 3.11. The van der Waals surface area contributed by atoms with E-state index >= 15 is 0 Å². The number of amides is 2. The molecule has 0 unspecified atom stereocenters. The Morgan fingerprint density at radius 2 is 2.03 bits per heavy atom. The molecule has 30 heavy (non-hydrogen) atoms. The molecule has 1 aromatic heterocycles. The van der Waals surface area contributed by atoms with Crippen molar-refractivity contribution in [2.24, 2.45) is 0 Å². The Bertz CT molecular complexity index is 974. The quantitative estimate of drug-likeness (QED) is 0.459. The molecule has 1 aliphatic rings. The van der Waals surface area contributed by atoms with Gasteiger partial charge in [0.2, 0.25) is 5.91 Å². The van der Waals surface area contributed by atoms with Gasteiger partial charge in [-0.25, -0.2) is 0 Å². The first-order valence-corrected chi connectivity index (χ1v) is 10.9. The van der Waals surface area contributed by atoms with E-state index in [1.54, 1.807) is 17.0 Å². The van der Waals surface area contributed by atoms with Crippen LogP contribution >= 0.6 is 22.9 Å². The summed E-state index contributed by atoms with van der Waals surface area (Å²) in [4.78, 5) is 27.1. The van der Waals surface area contributed by atoms with Gasteiger partial charge in [-0.1, -0.05) is 39.0 Å². The number of benzene rings is 1. The number of halogens is 1. The molecule has 2 heterocycles. The molecule has 160 valence electrons. The smallest absolute Gasteiger partial charge is 0.261 e. The number of phenols is 1. The number of nitrogens with one attached hydrogen (secondary N) is 2. The number of carbonyl (C=O) groups is 2. The van der Waals surface area contributed by atoms with Crippen molar-refractivity contribution < 1.29 is 14.7 Å². The Kier molecular flexibility index (Phi) is 6.43. The molecule has 2 aromatic rings. The highest BCUT2D eigenvalue weighted by Crippen LogP contribution is 2.37. The lowest BCUT2D eigenvalue weighted by Crippen LogP contribution is -2.60. The van der Waals surface area contributed by atoms with Gasteiger partial charge in [0.25, 0.3) is 5.91 Å². The lowest BCUT2D eigenvalue weighted by atomic mass is 9.86. The second-order valence-electron chi connectivity index (χ2n) is 8.34. The molecule has 0 spiro atoms. The van der Waals surface area contributed by atoms with Crippen molar-refractivity contribution >= 4 is 40.4 Å². The second-order valence-corrected chi connectivity index (χ2v) is 9.91. The van der Waals surface area contributed by atoms with Crippen LogP contribution in [0, 0.1) is 0 Å². The first-order chi connectivity index (χ1) is 14.1. The van der Waals surface area contributed by atoms with E-state index in [9.17, 15) is 14.7 Å². The van der Waals surface area contributed by atoms with Gasteiger partial charge in [-0.2, -0.15) is 0 Å². The third-order valence-corrected chi connectivity index (χ3v) is 6.33. The fraction of sp³-hybridized carbons (Fsp3) is 0.364. The summed E-state index contributed by atoms with van der Waals surface area (Å²) < 4.78 is 0. The maximum absolute atomic E-state index is 12.4. The SMILES string of the molecule is C=CC(=O)N1CC(NC(=O)c2ccc(CNc3cc(C(C)(C)C)c(Cl)cc3O)s2)C1. The van der Waals surface area contributed by atoms with E-state index in [2.05, 4.69) is 38.0 Å². The van der Waals surface area contributed by atoms with Gasteiger partial charge in [-0.3, -0.25) is 9.59 Å². The lowest BCUT2D eigenvalue weighted by molar-refractivity contribution is -0.130. The van der Waals surface area contributed by atoms with Gasteiger partial charge in [-0.15, -0.1) is 11.3 Å². The zero-order chi connectivity index (χ0) is 22.1. The van der Waals surface area contributed by atoms with Gasteiger partial charge in [0, 0.05) is 35.6 Å². The summed E-state index contributed by atoms with van der Waals surface area (Å²) in [6.07, 6.45) is 1.28. The zero-order valence-electron chi connectivity index (χ0n) is 17.3. The largest absolute Gasteiger partial charge is 0.506 e. The van der Waals surface area contributed by atoms with Crippen molar-refractivity contribution in [2.75, 3.05) is 18.4 Å².